The first kappa shape index (κ1) is 37.7. The van der Waals surface area contributed by atoms with Crippen molar-refractivity contribution in [3.8, 4) is 0 Å². The van der Waals surface area contributed by atoms with Gasteiger partial charge in [-0.15, -0.1) is 0 Å². The third-order valence-corrected chi connectivity index (χ3v) is 9.61. The molecule has 0 saturated carbocycles. The number of hydrogen-bond donors (Lipinski definition) is 3. The first-order valence-corrected chi connectivity index (χ1v) is 18.0. The van der Waals surface area contributed by atoms with Gasteiger partial charge >= 0.3 is 0 Å². The van der Waals surface area contributed by atoms with E-state index < -0.39 is 45.8 Å². The molecule has 1 heterocycles. The summed E-state index contributed by atoms with van der Waals surface area (Å²) in [6, 6.07) is 17.5. The summed E-state index contributed by atoms with van der Waals surface area (Å²) in [4.78, 5) is 41.8. The highest BCUT2D eigenvalue weighted by Gasteiger charge is 2.26. The smallest absolute Gasteiger partial charge is 0.257 e. The fourth-order valence-electron chi connectivity index (χ4n) is 5.35. The van der Waals surface area contributed by atoms with E-state index in [1.54, 1.807) is 18.0 Å². The fraction of sp³-hybridized carbons (Fsp3) is 0.333. The van der Waals surface area contributed by atoms with Crippen LogP contribution in [0.1, 0.15) is 69.0 Å². The summed E-state index contributed by atoms with van der Waals surface area (Å²) in [5, 5.41) is 21.4. The molecular weight excluding hydrogens is 663 g/mol. The summed E-state index contributed by atoms with van der Waals surface area (Å²) in [5.74, 6) is -1.85. The summed E-state index contributed by atoms with van der Waals surface area (Å²) < 4.78 is 40.8. The molecule has 0 fully saturated rings. The number of amides is 3. The fourth-order valence-corrected chi connectivity index (χ4v) is 5.84. The number of anilines is 1. The molecule has 0 unspecified atom stereocenters. The minimum Gasteiger partial charge on any atom is -0.389 e. The third kappa shape index (κ3) is 9.76. The second kappa shape index (κ2) is 16.5. The van der Waals surface area contributed by atoms with Crippen LogP contribution in [0.15, 0.2) is 85.2 Å². The number of carbonyl (C=O) groups is 3. The monoisotopic (exact) mass is 706 g/mol. The van der Waals surface area contributed by atoms with Crippen LogP contribution in [0.25, 0.3) is 0 Å². The highest BCUT2D eigenvalue weighted by molar-refractivity contribution is 7.92. The number of sulfonamides is 1. The van der Waals surface area contributed by atoms with E-state index in [1.165, 1.54) is 60.4 Å². The van der Waals surface area contributed by atoms with Gasteiger partial charge in [0.05, 0.1) is 48.4 Å². The molecule has 1 aromatic heterocycles. The van der Waals surface area contributed by atoms with Gasteiger partial charge in [-0.25, -0.2) is 12.8 Å². The molecule has 3 aromatic carbocycles. The molecule has 12 nitrogen and oxygen atoms in total. The molecule has 0 bridgehead atoms. The molecule has 0 aliphatic carbocycles. The number of halogens is 1. The maximum absolute atomic E-state index is 13.9. The topological polar surface area (TPSA) is 154 Å². The van der Waals surface area contributed by atoms with Crippen LogP contribution in [-0.2, 0) is 23.0 Å². The zero-order chi connectivity index (χ0) is 36.6. The maximum Gasteiger partial charge on any atom is 0.257 e. The number of aliphatic hydroxyl groups is 1. The molecule has 0 aliphatic rings. The lowest BCUT2D eigenvalue weighted by Crippen LogP contribution is -2.46. The SMILES string of the molecule is CCN(CC)C(=O)c1cnn(C[C@H](O)[C@H](Cc2ccccc2)NC(=O)c2cc(C(=O)N[C@H](C)c3ccc(F)cc3)cc(N(C)S(C)(=O)=O)c2)c1. The second-order valence-corrected chi connectivity index (χ2v) is 14.0. The summed E-state index contributed by atoms with van der Waals surface area (Å²) >= 11 is 0. The van der Waals surface area contributed by atoms with Gasteiger partial charge in [0.25, 0.3) is 17.7 Å². The van der Waals surface area contributed by atoms with Crippen LogP contribution >= 0.6 is 0 Å². The van der Waals surface area contributed by atoms with E-state index >= 15 is 0 Å². The van der Waals surface area contributed by atoms with Crippen molar-refractivity contribution in [2.24, 2.45) is 0 Å². The molecule has 0 spiro atoms. The van der Waals surface area contributed by atoms with Crippen LogP contribution in [0.4, 0.5) is 10.1 Å². The van der Waals surface area contributed by atoms with Crippen molar-refractivity contribution in [2.45, 2.75) is 51.9 Å². The Morgan fingerprint density at radius 3 is 2.10 bits per heavy atom. The predicted molar refractivity (Wildman–Crippen MR) is 189 cm³/mol. The summed E-state index contributed by atoms with van der Waals surface area (Å²) in [6.45, 7) is 6.49. The number of rotatable bonds is 15. The maximum atomic E-state index is 13.9. The Balaban J connectivity index is 1.63. The van der Waals surface area contributed by atoms with E-state index in [2.05, 4.69) is 15.7 Å². The molecule has 50 heavy (non-hydrogen) atoms. The number of nitrogens with zero attached hydrogens (tertiary/aromatic N) is 4. The van der Waals surface area contributed by atoms with Crippen LogP contribution in [0.5, 0.6) is 0 Å². The largest absolute Gasteiger partial charge is 0.389 e. The van der Waals surface area contributed by atoms with Gasteiger partial charge in [0.2, 0.25) is 10.0 Å². The van der Waals surface area contributed by atoms with Crippen molar-refractivity contribution in [3.63, 3.8) is 0 Å². The second-order valence-electron chi connectivity index (χ2n) is 12.0. The van der Waals surface area contributed by atoms with Crippen LogP contribution in [0.3, 0.4) is 0 Å². The zero-order valence-electron chi connectivity index (χ0n) is 28.7. The van der Waals surface area contributed by atoms with Crippen molar-refractivity contribution >= 4 is 33.4 Å². The molecule has 4 aromatic rings. The van der Waals surface area contributed by atoms with E-state index in [0.29, 0.717) is 24.2 Å². The van der Waals surface area contributed by atoms with E-state index in [-0.39, 0.29) is 35.7 Å². The highest BCUT2D eigenvalue weighted by Crippen LogP contribution is 2.23. The van der Waals surface area contributed by atoms with E-state index in [0.717, 1.165) is 16.1 Å². The van der Waals surface area contributed by atoms with Gasteiger partial charge in [0.15, 0.2) is 0 Å². The molecule has 3 N–H and O–H groups in total. The number of hydrogen-bond acceptors (Lipinski definition) is 7. The first-order chi connectivity index (χ1) is 23.7. The van der Waals surface area contributed by atoms with Crippen LogP contribution in [0.2, 0.25) is 0 Å². The molecule has 0 saturated heterocycles. The molecule has 4 rings (SSSR count). The molecule has 0 radical (unpaired) electrons. The molecule has 266 valence electrons. The Labute approximate surface area is 292 Å². The average Bonchev–Trinajstić information content (AvgIpc) is 3.56. The highest BCUT2D eigenvalue weighted by atomic mass is 32.2. The number of carbonyl (C=O) groups excluding carboxylic acids is 3. The Hall–Kier alpha value is -5.08. The third-order valence-electron chi connectivity index (χ3n) is 8.41. The molecule has 14 heteroatoms. The lowest BCUT2D eigenvalue weighted by atomic mass is 10.00. The lowest BCUT2D eigenvalue weighted by molar-refractivity contribution is 0.0771. The number of nitrogens with one attached hydrogen (secondary N) is 2. The average molecular weight is 707 g/mol. The van der Waals surface area contributed by atoms with Gasteiger partial charge in [-0.1, -0.05) is 42.5 Å². The minimum absolute atomic E-state index is 0.0132. The summed E-state index contributed by atoms with van der Waals surface area (Å²) in [6.07, 6.45) is 3.04. The van der Waals surface area contributed by atoms with Crippen LogP contribution in [0, 0.1) is 5.82 Å². The van der Waals surface area contributed by atoms with E-state index in [4.69, 9.17) is 0 Å². The van der Waals surface area contributed by atoms with Crippen molar-refractivity contribution in [3.05, 3.63) is 119 Å². The number of aromatic nitrogens is 2. The van der Waals surface area contributed by atoms with Crippen molar-refractivity contribution in [1.82, 2.24) is 25.3 Å². The molecular formula is C36H43FN6O6S. The summed E-state index contributed by atoms with van der Waals surface area (Å²) in [5.41, 5.74) is 1.91. The van der Waals surface area contributed by atoms with Crippen molar-refractivity contribution in [2.75, 3.05) is 30.7 Å². The van der Waals surface area contributed by atoms with Gasteiger partial charge in [0.1, 0.15) is 5.82 Å². The predicted octanol–water partition coefficient (Wildman–Crippen LogP) is 3.79. The Morgan fingerprint density at radius 1 is 0.920 bits per heavy atom. The standard InChI is InChI=1S/C36H43FN6O6S/c1-6-42(7-2)36(47)29-21-38-43(22-29)23-33(44)32(17-25-11-9-8-10-12-25)40-35(46)28-18-27(19-31(20-28)41(4)50(5,48)49)34(45)39-24(3)26-13-15-30(37)16-14-26/h8-16,18-22,24,32-33,44H,6-7,17,23H2,1-5H3,(H,39,45)(H,40,46)/t24-,32+,33+/m1/s1. The minimum atomic E-state index is -3.78. The van der Waals surface area contributed by atoms with Gasteiger partial charge in [-0.05, 0) is 68.7 Å². The van der Waals surface area contributed by atoms with E-state index in [9.17, 15) is 32.3 Å². The molecule has 3 atom stereocenters. The summed E-state index contributed by atoms with van der Waals surface area (Å²) in [7, 11) is -2.47. The van der Waals surface area contributed by atoms with Crippen LogP contribution < -0.4 is 14.9 Å². The van der Waals surface area contributed by atoms with Crippen molar-refractivity contribution < 1.29 is 32.3 Å². The number of benzene rings is 3. The molecule has 3 amide bonds. The van der Waals surface area contributed by atoms with E-state index in [1.807, 2.05) is 44.2 Å². The quantitative estimate of drug-likeness (QED) is 0.170. The van der Waals surface area contributed by atoms with Gasteiger partial charge < -0.3 is 20.6 Å². The van der Waals surface area contributed by atoms with Gasteiger partial charge in [0, 0.05) is 37.5 Å². The normalized spacial score (nSPS) is 13.2. The van der Waals surface area contributed by atoms with Gasteiger partial charge in [-0.3, -0.25) is 23.4 Å². The zero-order valence-corrected chi connectivity index (χ0v) is 29.5. The first-order valence-electron chi connectivity index (χ1n) is 16.2. The lowest BCUT2D eigenvalue weighted by Gasteiger charge is -2.25. The van der Waals surface area contributed by atoms with Crippen molar-refractivity contribution in [1.29, 1.82) is 0 Å². The van der Waals surface area contributed by atoms with Crippen LogP contribution in [-0.4, -0.2) is 84.5 Å². The van der Waals surface area contributed by atoms with Gasteiger partial charge in [-0.2, -0.15) is 5.10 Å². The Bertz CT molecular complexity index is 1900. The number of aliphatic hydroxyl groups excluding tert-OH is 1. The Kier molecular flexibility index (Phi) is 12.5. The molecule has 0 aliphatic heterocycles. The Morgan fingerprint density at radius 2 is 1.52 bits per heavy atom.